The van der Waals surface area contributed by atoms with Crippen molar-refractivity contribution in [1.29, 1.82) is 0 Å². The maximum absolute atomic E-state index is 3.60. The third-order valence-corrected chi connectivity index (χ3v) is 5.61. The smallest absolute Gasteiger partial charge is 0.0357 e. The van der Waals surface area contributed by atoms with Crippen LogP contribution in [0.15, 0.2) is 22.7 Å². The van der Waals surface area contributed by atoms with Gasteiger partial charge in [0.25, 0.3) is 0 Å². The molecular formula is C15H21BrIN. The fourth-order valence-electron chi connectivity index (χ4n) is 3.02. The summed E-state index contributed by atoms with van der Waals surface area (Å²) in [6, 6.07) is 7.11. The molecule has 1 aromatic carbocycles. The highest BCUT2D eigenvalue weighted by atomic mass is 127. The second kappa shape index (κ2) is 6.71. The summed E-state index contributed by atoms with van der Waals surface area (Å²) in [5.41, 5.74) is 1.45. The van der Waals surface area contributed by atoms with E-state index in [1.165, 1.54) is 39.3 Å². The Kier molecular flexibility index (Phi) is 5.51. The number of hydrogen-bond acceptors (Lipinski definition) is 1. The van der Waals surface area contributed by atoms with Gasteiger partial charge in [0.15, 0.2) is 0 Å². The SMILES string of the molecule is CNC(c1cc(Br)ccc1I)C1CCC(C)CC1. The highest BCUT2D eigenvalue weighted by Gasteiger charge is 2.27. The molecule has 1 atom stereocenters. The lowest BCUT2D eigenvalue weighted by atomic mass is 9.77. The van der Waals surface area contributed by atoms with Crippen LogP contribution < -0.4 is 5.32 Å². The normalized spacial score (nSPS) is 26.0. The van der Waals surface area contributed by atoms with Crippen molar-refractivity contribution in [1.82, 2.24) is 5.32 Å². The second-order valence-electron chi connectivity index (χ2n) is 5.45. The molecule has 0 spiro atoms. The van der Waals surface area contributed by atoms with Gasteiger partial charge in [-0.1, -0.05) is 35.7 Å². The molecule has 1 unspecified atom stereocenters. The molecule has 2 rings (SSSR count). The first kappa shape index (κ1) is 14.8. The Morgan fingerprint density at radius 3 is 2.56 bits per heavy atom. The average molecular weight is 422 g/mol. The van der Waals surface area contributed by atoms with Crippen LogP contribution >= 0.6 is 38.5 Å². The van der Waals surface area contributed by atoms with E-state index in [0.29, 0.717) is 6.04 Å². The lowest BCUT2D eigenvalue weighted by Gasteiger charge is -2.33. The Labute approximate surface area is 132 Å². The van der Waals surface area contributed by atoms with Gasteiger partial charge in [-0.25, -0.2) is 0 Å². The summed E-state index contributed by atoms with van der Waals surface area (Å²) in [4.78, 5) is 0. The molecule has 0 aliphatic heterocycles. The van der Waals surface area contributed by atoms with Gasteiger partial charge in [-0.05, 0) is 78.1 Å². The molecular weight excluding hydrogens is 401 g/mol. The molecule has 100 valence electrons. The van der Waals surface area contributed by atoms with Crippen LogP contribution in [0, 0.1) is 15.4 Å². The minimum Gasteiger partial charge on any atom is -0.313 e. The molecule has 1 aliphatic carbocycles. The third kappa shape index (κ3) is 3.48. The zero-order valence-corrected chi connectivity index (χ0v) is 14.8. The molecule has 0 aromatic heterocycles. The van der Waals surface area contributed by atoms with Gasteiger partial charge in [-0.15, -0.1) is 0 Å². The largest absolute Gasteiger partial charge is 0.313 e. The zero-order valence-electron chi connectivity index (χ0n) is 11.0. The first-order valence-corrected chi connectivity index (χ1v) is 8.61. The minimum atomic E-state index is 0.502. The van der Waals surface area contributed by atoms with E-state index in [0.717, 1.165) is 11.8 Å². The van der Waals surface area contributed by atoms with Crippen molar-refractivity contribution >= 4 is 38.5 Å². The van der Waals surface area contributed by atoms with Crippen LogP contribution in [0.25, 0.3) is 0 Å². The first-order chi connectivity index (χ1) is 8.61. The summed E-state index contributed by atoms with van der Waals surface area (Å²) in [5.74, 6) is 1.70. The fourth-order valence-corrected chi connectivity index (χ4v) is 4.07. The third-order valence-electron chi connectivity index (χ3n) is 4.14. The molecule has 1 nitrogen and oxygen atoms in total. The molecule has 0 heterocycles. The quantitative estimate of drug-likeness (QED) is 0.666. The van der Waals surface area contributed by atoms with Crippen LogP contribution in [0.3, 0.4) is 0 Å². The highest BCUT2D eigenvalue weighted by molar-refractivity contribution is 14.1. The van der Waals surface area contributed by atoms with E-state index in [-0.39, 0.29) is 0 Å². The Morgan fingerprint density at radius 1 is 1.28 bits per heavy atom. The van der Waals surface area contributed by atoms with Crippen LogP contribution in [-0.2, 0) is 0 Å². The number of halogens is 2. The molecule has 1 aliphatic rings. The number of benzene rings is 1. The van der Waals surface area contributed by atoms with Gasteiger partial charge in [0.05, 0.1) is 0 Å². The molecule has 0 saturated heterocycles. The Morgan fingerprint density at radius 2 is 1.94 bits per heavy atom. The van der Waals surface area contributed by atoms with Crippen molar-refractivity contribution in [2.45, 2.75) is 38.6 Å². The Balaban J connectivity index is 2.19. The van der Waals surface area contributed by atoms with Crippen molar-refractivity contribution in [2.75, 3.05) is 7.05 Å². The summed E-state index contributed by atoms with van der Waals surface area (Å²) in [5, 5.41) is 3.55. The van der Waals surface area contributed by atoms with Gasteiger partial charge in [0, 0.05) is 14.1 Å². The molecule has 18 heavy (non-hydrogen) atoms. The van der Waals surface area contributed by atoms with Crippen molar-refractivity contribution in [3.05, 3.63) is 31.8 Å². The van der Waals surface area contributed by atoms with Crippen LogP contribution in [0.4, 0.5) is 0 Å². The molecule has 3 heteroatoms. The standard InChI is InChI=1S/C15H21BrIN/c1-10-3-5-11(6-4-10)15(18-2)13-9-12(16)7-8-14(13)17/h7-11,15,18H,3-6H2,1-2H3. The van der Waals surface area contributed by atoms with Crippen molar-refractivity contribution < 1.29 is 0 Å². The van der Waals surface area contributed by atoms with E-state index in [4.69, 9.17) is 0 Å². The van der Waals surface area contributed by atoms with Gasteiger partial charge >= 0.3 is 0 Å². The molecule has 0 radical (unpaired) electrons. The first-order valence-electron chi connectivity index (χ1n) is 6.74. The Hall–Kier alpha value is 0.390. The molecule has 1 aromatic rings. The highest BCUT2D eigenvalue weighted by Crippen LogP contribution is 2.38. The zero-order chi connectivity index (χ0) is 13.1. The maximum atomic E-state index is 3.60. The van der Waals surface area contributed by atoms with Gasteiger partial charge in [0.1, 0.15) is 0 Å². The fraction of sp³-hybridized carbons (Fsp3) is 0.600. The van der Waals surface area contributed by atoms with Crippen LogP contribution in [0.1, 0.15) is 44.2 Å². The molecule has 1 saturated carbocycles. The Bertz CT molecular complexity index is 399. The molecule has 0 amide bonds. The minimum absolute atomic E-state index is 0.502. The van der Waals surface area contributed by atoms with Gasteiger partial charge in [-0.2, -0.15) is 0 Å². The predicted octanol–water partition coefficient (Wildman–Crippen LogP) is 5.14. The van der Waals surface area contributed by atoms with E-state index >= 15 is 0 Å². The lowest BCUT2D eigenvalue weighted by Crippen LogP contribution is -2.29. The van der Waals surface area contributed by atoms with E-state index in [9.17, 15) is 0 Å². The summed E-state index contributed by atoms with van der Waals surface area (Å²) in [6.07, 6.45) is 5.48. The van der Waals surface area contributed by atoms with E-state index in [1.807, 2.05) is 0 Å². The number of rotatable bonds is 3. The lowest BCUT2D eigenvalue weighted by molar-refractivity contribution is 0.237. The van der Waals surface area contributed by atoms with Crippen LogP contribution in [0.2, 0.25) is 0 Å². The monoisotopic (exact) mass is 421 g/mol. The van der Waals surface area contributed by atoms with Crippen LogP contribution in [0.5, 0.6) is 0 Å². The second-order valence-corrected chi connectivity index (χ2v) is 7.53. The predicted molar refractivity (Wildman–Crippen MR) is 89.8 cm³/mol. The average Bonchev–Trinajstić information content (AvgIpc) is 2.37. The van der Waals surface area contributed by atoms with E-state index in [1.54, 1.807) is 0 Å². The molecule has 0 bridgehead atoms. The van der Waals surface area contributed by atoms with E-state index < -0.39 is 0 Å². The van der Waals surface area contributed by atoms with Crippen molar-refractivity contribution in [2.24, 2.45) is 11.8 Å². The van der Waals surface area contributed by atoms with Crippen molar-refractivity contribution in [3.8, 4) is 0 Å². The summed E-state index contributed by atoms with van der Waals surface area (Å²) < 4.78 is 2.55. The van der Waals surface area contributed by atoms with Crippen LogP contribution in [-0.4, -0.2) is 7.05 Å². The number of nitrogens with one attached hydrogen (secondary N) is 1. The van der Waals surface area contributed by atoms with Gasteiger partial charge in [-0.3, -0.25) is 0 Å². The molecule has 1 fully saturated rings. The van der Waals surface area contributed by atoms with Gasteiger partial charge in [0.2, 0.25) is 0 Å². The summed E-state index contributed by atoms with van der Waals surface area (Å²) in [7, 11) is 2.10. The topological polar surface area (TPSA) is 12.0 Å². The summed E-state index contributed by atoms with van der Waals surface area (Å²) >= 11 is 6.05. The maximum Gasteiger partial charge on any atom is 0.0357 e. The summed E-state index contributed by atoms with van der Waals surface area (Å²) in [6.45, 7) is 2.38. The van der Waals surface area contributed by atoms with Gasteiger partial charge < -0.3 is 5.32 Å². The van der Waals surface area contributed by atoms with Crippen molar-refractivity contribution in [3.63, 3.8) is 0 Å². The van der Waals surface area contributed by atoms with E-state index in [2.05, 4.69) is 76.0 Å². The number of hydrogen-bond donors (Lipinski definition) is 1. The molecule has 1 N–H and O–H groups in total.